The maximum absolute atomic E-state index is 13.3. The first-order valence-corrected chi connectivity index (χ1v) is 14.0. The minimum atomic E-state index is -3.97. The lowest BCUT2D eigenvalue weighted by Gasteiger charge is -2.33. The summed E-state index contributed by atoms with van der Waals surface area (Å²) in [6.07, 6.45) is -0.604. The average molecular weight is 533 g/mol. The fourth-order valence-corrected chi connectivity index (χ4v) is 6.71. The van der Waals surface area contributed by atoms with Gasteiger partial charge in [-0.1, -0.05) is 42.3 Å². The van der Waals surface area contributed by atoms with Crippen molar-refractivity contribution in [3.8, 4) is 0 Å². The number of aliphatic hydroxyl groups excluding tert-OH is 1. The zero-order valence-corrected chi connectivity index (χ0v) is 22.4. The third kappa shape index (κ3) is 6.78. The number of rotatable bonds is 12. The van der Waals surface area contributed by atoms with Gasteiger partial charge in [-0.2, -0.15) is 8.61 Å². The van der Waals surface area contributed by atoms with E-state index >= 15 is 0 Å². The van der Waals surface area contributed by atoms with E-state index in [-0.39, 0.29) is 34.5 Å². The van der Waals surface area contributed by atoms with E-state index in [0.29, 0.717) is 0 Å². The fraction of sp³-hybridized carbons (Fsp3) is 0.478. The Hall–Kier alpha value is -1.53. The molecule has 0 aliphatic rings. The fourth-order valence-electron chi connectivity index (χ4n) is 3.50. The van der Waals surface area contributed by atoms with Crippen LogP contribution in [0.5, 0.6) is 0 Å². The van der Waals surface area contributed by atoms with Crippen molar-refractivity contribution >= 4 is 31.6 Å². The largest absolute Gasteiger partial charge is 0.395 e. The molecule has 1 N–H and O–H groups in total. The van der Waals surface area contributed by atoms with Crippen molar-refractivity contribution < 1.29 is 26.7 Å². The summed E-state index contributed by atoms with van der Waals surface area (Å²) in [6.45, 7) is 4.90. The van der Waals surface area contributed by atoms with Gasteiger partial charge in [-0.15, -0.1) is 0 Å². The van der Waals surface area contributed by atoms with Gasteiger partial charge >= 0.3 is 0 Å². The predicted octanol–water partition coefficient (Wildman–Crippen LogP) is 2.99. The van der Waals surface area contributed by atoms with Crippen LogP contribution in [0.1, 0.15) is 19.4 Å². The van der Waals surface area contributed by atoms with Crippen molar-refractivity contribution in [3.63, 3.8) is 0 Å². The molecule has 0 bridgehead atoms. The third-order valence-corrected chi connectivity index (χ3v) is 9.78. The summed E-state index contributed by atoms with van der Waals surface area (Å²) in [4.78, 5) is 0.183. The highest BCUT2D eigenvalue weighted by atomic mass is 35.5. The summed E-state index contributed by atoms with van der Waals surface area (Å²) in [7, 11) is -4.81. The van der Waals surface area contributed by atoms with E-state index < -0.39 is 38.1 Å². The van der Waals surface area contributed by atoms with Crippen LogP contribution >= 0.6 is 11.6 Å². The number of halogens is 1. The van der Waals surface area contributed by atoms with E-state index in [4.69, 9.17) is 16.3 Å². The lowest BCUT2D eigenvalue weighted by molar-refractivity contribution is 0.0360. The molecule has 34 heavy (non-hydrogen) atoms. The van der Waals surface area contributed by atoms with Crippen molar-refractivity contribution in [2.75, 3.05) is 33.9 Å². The first-order chi connectivity index (χ1) is 15.8. The zero-order valence-electron chi connectivity index (χ0n) is 20.0. The molecule has 0 heterocycles. The molecule has 0 aliphatic heterocycles. The van der Waals surface area contributed by atoms with Crippen LogP contribution in [0.25, 0.3) is 0 Å². The lowest BCUT2D eigenvalue weighted by atomic mass is 10.0. The Kier molecular flexibility index (Phi) is 10.1. The van der Waals surface area contributed by atoms with Gasteiger partial charge in [-0.25, -0.2) is 16.8 Å². The molecule has 0 fully saturated rings. The van der Waals surface area contributed by atoms with Gasteiger partial charge in [0.15, 0.2) is 0 Å². The number of benzene rings is 2. The van der Waals surface area contributed by atoms with Gasteiger partial charge in [-0.3, -0.25) is 0 Å². The number of aryl methyl sites for hydroxylation is 1. The van der Waals surface area contributed by atoms with Gasteiger partial charge in [-0.05, 0) is 50.1 Å². The number of hydrogen-bond acceptors (Lipinski definition) is 6. The summed E-state index contributed by atoms with van der Waals surface area (Å²) >= 11 is 5.99. The summed E-state index contributed by atoms with van der Waals surface area (Å²) in [6, 6.07) is 11.8. The highest BCUT2D eigenvalue weighted by Gasteiger charge is 2.34. The second-order valence-corrected chi connectivity index (χ2v) is 12.8. The zero-order chi connectivity index (χ0) is 25.7. The van der Waals surface area contributed by atoms with Crippen LogP contribution in [0, 0.1) is 12.8 Å². The van der Waals surface area contributed by atoms with Crippen LogP contribution in [0.3, 0.4) is 0 Å². The smallest absolute Gasteiger partial charge is 0.243 e. The van der Waals surface area contributed by atoms with E-state index in [1.54, 1.807) is 50.2 Å². The number of methoxy groups -OCH3 is 1. The predicted molar refractivity (Wildman–Crippen MR) is 133 cm³/mol. The van der Waals surface area contributed by atoms with Crippen LogP contribution in [0.4, 0.5) is 0 Å². The van der Waals surface area contributed by atoms with Crippen LogP contribution in [0.15, 0.2) is 58.3 Å². The van der Waals surface area contributed by atoms with Crippen molar-refractivity contribution in [3.05, 3.63) is 59.1 Å². The number of sulfonamides is 2. The molecule has 0 spiro atoms. The summed E-state index contributed by atoms with van der Waals surface area (Å²) in [5.74, 6) is -0.399. The third-order valence-electron chi connectivity index (χ3n) is 5.73. The lowest BCUT2D eigenvalue weighted by Crippen LogP contribution is -2.47. The molecule has 0 radical (unpaired) electrons. The van der Waals surface area contributed by atoms with Crippen molar-refractivity contribution in [2.24, 2.45) is 5.92 Å². The number of ether oxygens (including phenoxy) is 1. The van der Waals surface area contributed by atoms with Gasteiger partial charge in [0.1, 0.15) is 0 Å². The highest BCUT2D eigenvalue weighted by Crippen LogP contribution is 2.25. The average Bonchev–Trinajstić information content (AvgIpc) is 2.80. The topological polar surface area (TPSA) is 104 Å². The van der Waals surface area contributed by atoms with E-state index in [2.05, 4.69) is 0 Å². The molecule has 3 atom stereocenters. The van der Waals surface area contributed by atoms with Gasteiger partial charge in [0, 0.05) is 38.3 Å². The molecule has 2 aromatic rings. The second kappa shape index (κ2) is 11.9. The standard InChI is InChI=1S/C23H33ClN2O6S2/c1-17-9-11-21(12-10-17)33(28,29)25(4)15-23(32-5)18(2)14-26(19(3)16-27)34(30,31)22-8-6-7-20(24)13-22/h6-13,18-19,23,27H,14-16H2,1-5H3/t18-,19-,23+/m0/s1. The molecule has 2 aromatic carbocycles. The summed E-state index contributed by atoms with van der Waals surface area (Å²) in [5.41, 5.74) is 0.948. The number of aliphatic hydroxyl groups is 1. The Balaban J connectivity index is 2.26. The van der Waals surface area contributed by atoms with E-state index in [1.807, 2.05) is 6.92 Å². The minimum absolute atomic E-state index is 0.00744. The van der Waals surface area contributed by atoms with Gasteiger partial charge in [0.25, 0.3) is 0 Å². The molecule has 190 valence electrons. The van der Waals surface area contributed by atoms with Crippen LogP contribution in [-0.2, 0) is 24.8 Å². The summed E-state index contributed by atoms with van der Waals surface area (Å²) in [5, 5.41) is 10.0. The molecule has 0 unspecified atom stereocenters. The minimum Gasteiger partial charge on any atom is -0.395 e. The Morgan fingerprint density at radius 2 is 1.59 bits per heavy atom. The quantitative estimate of drug-likeness (QED) is 0.450. The number of hydrogen-bond donors (Lipinski definition) is 1. The SMILES string of the molecule is CO[C@H](CN(C)S(=O)(=O)c1ccc(C)cc1)[C@@H](C)CN([C@@H](C)CO)S(=O)(=O)c1cccc(Cl)c1. The van der Waals surface area contributed by atoms with Crippen LogP contribution in [-0.4, -0.2) is 76.6 Å². The van der Waals surface area contributed by atoms with Crippen LogP contribution < -0.4 is 0 Å². The Bertz CT molecular complexity index is 1160. The normalized spacial score (nSPS) is 15.4. The molecule has 0 saturated carbocycles. The Morgan fingerprint density at radius 3 is 2.12 bits per heavy atom. The first-order valence-electron chi connectivity index (χ1n) is 10.8. The monoisotopic (exact) mass is 532 g/mol. The molecular weight excluding hydrogens is 500 g/mol. The first kappa shape index (κ1) is 28.7. The molecule has 8 nitrogen and oxygen atoms in total. The Labute approximate surface area is 208 Å². The molecule has 0 aliphatic carbocycles. The van der Waals surface area contributed by atoms with Crippen molar-refractivity contribution in [1.82, 2.24) is 8.61 Å². The number of likely N-dealkylation sites (N-methyl/N-ethyl adjacent to an activating group) is 1. The second-order valence-electron chi connectivity index (χ2n) is 8.41. The molecule has 0 aromatic heterocycles. The van der Waals surface area contributed by atoms with Crippen LogP contribution in [0.2, 0.25) is 5.02 Å². The molecule has 11 heteroatoms. The van der Waals surface area contributed by atoms with E-state index in [0.717, 1.165) is 5.56 Å². The molecular formula is C23H33ClN2O6S2. The molecule has 0 amide bonds. The van der Waals surface area contributed by atoms with E-state index in [9.17, 15) is 21.9 Å². The van der Waals surface area contributed by atoms with Gasteiger partial charge in [0.2, 0.25) is 20.0 Å². The maximum Gasteiger partial charge on any atom is 0.243 e. The Morgan fingerprint density at radius 1 is 0.971 bits per heavy atom. The van der Waals surface area contributed by atoms with Crippen molar-refractivity contribution in [1.29, 1.82) is 0 Å². The molecule has 2 rings (SSSR count). The molecule has 0 saturated heterocycles. The maximum atomic E-state index is 13.3. The summed E-state index contributed by atoms with van der Waals surface area (Å²) < 4.78 is 60.6. The van der Waals surface area contributed by atoms with Crippen molar-refractivity contribution in [2.45, 2.75) is 42.7 Å². The van der Waals surface area contributed by atoms with Gasteiger partial charge in [0.05, 0.1) is 22.5 Å². The number of nitrogens with zero attached hydrogens (tertiary/aromatic N) is 2. The van der Waals surface area contributed by atoms with Gasteiger partial charge < -0.3 is 9.84 Å². The van der Waals surface area contributed by atoms with E-state index in [1.165, 1.54) is 34.9 Å². The highest BCUT2D eigenvalue weighted by molar-refractivity contribution is 7.89.